The number of alkyl carbamates (subject to hydrolysis) is 1. The van der Waals surface area contributed by atoms with Gasteiger partial charge < -0.3 is 19.4 Å². The van der Waals surface area contributed by atoms with Crippen LogP contribution in [0.3, 0.4) is 0 Å². The molecule has 0 spiro atoms. The molecule has 8 heteroatoms. The number of ether oxygens (including phenoxy) is 1. The number of benzene rings is 2. The lowest BCUT2D eigenvalue weighted by atomic mass is 9.82. The van der Waals surface area contributed by atoms with Crippen molar-refractivity contribution in [2.45, 2.75) is 38.3 Å². The van der Waals surface area contributed by atoms with Crippen LogP contribution in [-0.4, -0.2) is 24.1 Å². The van der Waals surface area contributed by atoms with Gasteiger partial charge in [-0.3, -0.25) is 4.79 Å². The molecular formula is C27H25N3O5. The molecule has 2 aromatic carbocycles. The number of nitrogens with one attached hydrogen (secondary N) is 1. The number of anilines is 1. The van der Waals surface area contributed by atoms with Gasteiger partial charge in [-0.05, 0) is 38.5 Å². The molecule has 1 N–H and O–H groups in total. The maximum Gasteiger partial charge on any atom is 0.408 e. The summed E-state index contributed by atoms with van der Waals surface area (Å²) in [6.45, 7) is 9.11. The van der Waals surface area contributed by atoms with Gasteiger partial charge in [-0.15, -0.1) is 6.58 Å². The molecule has 1 aliphatic rings. The van der Waals surface area contributed by atoms with E-state index in [2.05, 4.69) is 11.9 Å². The molecule has 0 saturated carbocycles. The summed E-state index contributed by atoms with van der Waals surface area (Å²) in [5.74, 6) is -0.425. The maximum absolute atomic E-state index is 14.0. The number of para-hydroxylation sites is 2. The zero-order valence-electron chi connectivity index (χ0n) is 19.8. The number of fused-ring (bicyclic) bond motifs is 2. The van der Waals surface area contributed by atoms with E-state index < -0.39 is 28.8 Å². The van der Waals surface area contributed by atoms with Crippen LogP contribution in [-0.2, 0) is 21.5 Å². The zero-order chi connectivity index (χ0) is 25.4. The lowest BCUT2D eigenvalue weighted by Gasteiger charge is -2.32. The molecule has 3 aromatic rings. The van der Waals surface area contributed by atoms with E-state index in [1.807, 2.05) is 6.07 Å². The number of carbonyl (C=O) groups is 2. The smallest absolute Gasteiger partial charge is 0.408 e. The summed E-state index contributed by atoms with van der Waals surface area (Å²) in [4.78, 5) is 41.2. The molecule has 0 fully saturated rings. The molecule has 2 amide bonds. The highest BCUT2D eigenvalue weighted by atomic mass is 16.6. The highest BCUT2D eigenvalue weighted by Gasteiger charge is 2.53. The largest absolute Gasteiger partial charge is 0.444 e. The highest BCUT2D eigenvalue weighted by Crippen LogP contribution is 2.43. The van der Waals surface area contributed by atoms with Gasteiger partial charge in [-0.25, -0.2) is 9.59 Å². The molecule has 0 saturated heterocycles. The second-order valence-corrected chi connectivity index (χ2v) is 9.28. The van der Waals surface area contributed by atoms with Crippen molar-refractivity contribution >= 4 is 28.7 Å². The lowest BCUT2D eigenvalue weighted by molar-refractivity contribution is -0.124. The first-order valence-electron chi connectivity index (χ1n) is 11.1. The van der Waals surface area contributed by atoms with Gasteiger partial charge in [-0.1, -0.05) is 42.5 Å². The first kappa shape index (κ1) is 23.8. The van der Waals surface area contributed by atoms with Gasteiger partial charge >= 0.3 is 11.7 Å². The van der Waals surface area contributed by atoms with E-state index in [-0.39, 0.29) is 24.1 Å². The summed E-state index contributed by atoms with van der Waals surface area (Å²) in [6.07, 6.45) is 0.628. The lowest BCUT2D eigenvalue weighted by Crippen LogP contribution is -2.55. The fraction of sp³-hybridized carbons (Fsp3) is 0.259. The fourth-order valence-corrected chi connectivity index (χ4v) is 4.42. The van der Waals surface area contributed by atoms with Crippen molar-refractivity contribution in [1.29, 1.82) is 5.26 Å². The number of nitriles is 1. The summed E-state index contributed by atoms with van der Waals surface area (Å²) in [7, 11) is 0. The van der Waals surface area contributed by atoms with Crippen LogP contribution in [0.25, 0.3) is 11.0 Å². The number of rotatable bonds is 5. The van der Waals surface area contributed by atoms with E-state index in [1.54, 1.807) is 75.4 Å². The molecule has 178 valence electrons. The Morgan fingerprint density at radius 3 is 2.57 bits per heavy atom. The Bertz CT molecular complexity index is 1440. The standard InChI is InChI=1S/C27H25N3O5/c1-5-14-30-21-12-8-7-11-20(21)27(24(30)32,29-25(33)35-26(2,3)4)15-18-17-10-6-9-13-22(17)34-23(31)19(18)16-28/h5-13H,1,14-15H2,2-4H3,(H,29,33)/t27-/m1/s1. The van der Waals surface area contributed by atoms with Gasteiger partial charge in [0.25, 0.3) is 5.91 Å². The van der Waals surface area contributed by atoms with Gasteiger partial charge in [0.05, 0.1) is 5.69 Å². The van der Waals surface area contributed by atoms with Crippen molar-refractivity contribution in [1.82, 2.24) is 5.32 Å². The number of amides is 2. The molecule has 1 atom stereocenters. The Hall–Kier alpha value is -4.38. The van der Waals surface area contributed by atoms with Crippen LogP contribution >= 0.6 is 0 Å². The Labute approximate surface area is 202 Å². The molecule has 2 heterocycles. The summed E-state index contributed by atoms with van der Waals surface area (Å²) >= 11 is 0. The minimum atomic E-state index is -1.63. The third-order valence-corrected chi connectivity index (χ3v) is 5.77. The van der Waals surface area contributed by atoms with Crippen molar-refractivity contribution in [2.24, 2.45) is 0 Å². The predicted octanol–water partition coefficient (Wildman–Crippen LogP) is 4.16. The molecule has 1 aromatic heterocycles. The first-order valence-corrected chi connectivity index (χ1v) is 11.1. The van der Waals surface area contributed by atoms with Crippen LogP contribution in [0, 0.1) is 11.3 Å². The zero-order valence-corrected chi connectivity index (χ0v) is 19.8. The summed E-state index contributed by atoms with van der Waals surface area (Å²) in [5.41, 5.74) is -1.77. The molecule has 0 bridgehead atoms. The minimum Gasteiger partial charge on any atom is -0.444 e. The first-order chi connectivity index (χ1) is 16.6. The second kappa shape index (κ2) is 8.76. The molecular weight excluding hydrogens is 446 g/mol. The van der Waals surface area contributed by atoms with Crippen molar-refractivity contribution < 1.29 is 18.7 Å². The average Bonchev–Trinajstić information content (AvgIpc) is 3.01. The van der Waals surface area contributed by atoms with Gasteiger partial charge in [0.2, 0.25) is 0 Å². The Morgan fingerprint density at radius 2 is 1.89 bits per heavy atom. The number of hydrogen-bond donors (Lipinski definition) is 1. The summed E-state index contributed by atoms with van der Waals surface area (Å²) in [5, 5.41) is 13.1. The maximum atomic E-state index is 14.0. The van der Waals surface area contributed by atoms with E-state index in [4.69, 9.17) is 9.15 Å². The topological polar surface area (TPSA) is 113 Å². The highest BCUT2D eigenvalue weighted by molar-refractivity contribution is 6.09. The van der Waals surface area contributed by atoms with Crippen molar-refractivity contribution in [3.05, 3.63) is 88.3 Å². The van der Waals surface area contributed by atoms with Crippen LogP contribution in [0.15, 0.2) is 70.4 Å². The Kier molecular flexibility index (Phi) is 5.95. The van der Waals surface area contributed by atoms with Crippen molar-refractivity contribution in [3.63, 3.8) is 0 Å². The van der Waals surface area contributed by atoms with Gasteiger partial charge in [-0.2, -0.15) is 5.26 Å². The van der Waals surface area contributed by atoms with E-state index >= 15 is 0 Å². The summed E-state index contributed by atoms with van der Waals surface area (Å²) < 4.78 is 10.8. The molecule has 1 aliphatic heterocycles. The number of carbonyl (C=O) groups excluding carboxylic acids is 2. The third-order valence-electron chi connectivity index (χ3n) is 5.77. The van der Waals surface area contributed by atoms with Crippen LogP contribution in [0.4, 0.5) is 10.5 Å². The van der Waals surface area contributed by atoms with E-state index in [0.29, 0.717) is 22.2 Å². The van der Waals surface area contributed by atoms with Crippen LogP contribution in [0.5, 0.6) is 0 Å². The SMILES string of the molecule is C=CCN1C(=O)[C@](Cc2c(C#N)c(=O)oc3ccccc23)(NC(=O)OC(C)(C)C)c2ccccc21. The second-order valence-electron chi connectivity index (χ2n) is 9.28. The Balaban J connectivity index is 1.98. The Morgan fingerprint density at radius 1 is 1.20 bits per heavy atom. The normalized spacial score (nSPS) is 17.1. The molecule has 8 nitrogen and oxygen atoms in total. The van der Waals surface area contributed by atoms with Gasteiger partial charge in [0.15, 0.2) is 5.54 Å². The minimum absolute atomic E-state index is 0.162. The molecule has 35 heavy (non-hydrogen) atoms. The van der Waals surface area contributed by atoms with Gasteiger partial charge in [0.1, 0.15) is 22.8 Å². The molecule has 0 aliphatic carbocycles. The quantitative estimate of drug-likeness (QED) is 0.442. The third kappa shape index (κ3) is 4.17. The molecule has 4 rings (SSSR count). The predicted molar refractivity (Wildman–Crippen MR) is 131 cm³/mol. The van der Waals surface area contributed by atoms with Crippen LogP contribution in [0.1, 0.15) is 37.5 Å². The van der Waals surface area contributed by atoms with E-state index in [1.165, 1.54) is 4.90 Å². The van der Waals surface area contributed by atoms with E-state index in [0.717, 1.165) is 0 Å². The van der Waals surface area contributed by atoms with Crippen molar-refractivity contribution in [2.75, 3.05) is 11.4 Å². The molecule has 0 radical (unpaired) electrons. The number of nitrogens with zero attached hydrogens (tertiary/aromatic N) is 2. The molecule has 0 unspecified atom stereocenters. The monoisotopic (exact) mass is 471 g/mol. The van der Waals surface area contributed by atoms with E-state index in [9.17, 15) is 19.6 Å². The fourth-order valence-electron chi connectivity index (χ4n) is 4.42. The van der Waals surface area contributed by atoms with Crippen LogP contribution in [0.2, 0.25) is 0 Å². The average molecular weight is 472 g/mol. The van der Waals surface area contributed by atoms with Crippen LogP contribution < -0.4 is 15.8 Å². The van der Waals surface area contributed by atoms with Crippen molar-refractivity contribution in [3.8, 4) is 6.07 Å². The van der Waals surface area contributed by atoms with Gasteiger partial charge in [0, 0.05) is 23.9 Å². The number of hydrogen-bond acceptors (Lipinski definition) is 6. The summed E-state index contributed by atoms with van der Waals surface area (Å²) in [6, 6.07) is 15.8.